The Labute approximate surface area is 57.5 Å². The fraction of sp³-hybridized carbons (Fsp3) is 0.400. The van der Waals surface area contributed by atoms with Crippen molar-refractivity contribution in [3.63, 3.8) is 0 Å². The Bertz CT molecular complexity index is 266. The van der Waals surface area contributed by atoms with Crippen molar-refractivity contribution in [3.05, 3.63) is 22.1 Å². The van der Waals surface area contributed by atoms with Gasteiger partial charge in [0.2, 0.25) is 0 Å². The van der Waals surface area contributed by atoms with E-state index in [-0.39, 0.29) is 5.82 Å². The second-order valence-electron chi connectivity index (χ2n) is 1.91. The topological polar surface area (TPSA) is 61.0 Å². The van der Waals surface area contributed by atoms with Gasteiger partial charge in [0.1, 0.15) is 0 Å². The van der Waals surface area contributed by atoms with Crippen molar-refractivity contribution in [2.45, 2.75) is 6.92 Å². The minimum absolute atomic E-state index is 0.0995. The minimum Gasteiger partial charge on any atom is -0.358 e. The second kappa shape index (κ2) is 2.09. The molecule has 0 saturated heterocycles. The summed E-state index contributed by atoms with van der Waals surface area (Å²) >= 11 is 0. The molecule has 0 atom stereocenters. The molecule has 1 radical (unpaired) electrons. The molecule has 0 aliphatic carbocycles. The third-order valence-electron chi connectivity index (χ3n) is 1.29. The Kier molecular flexibility index (Phi) is 1.41. The van der Waals surface area contributed by atoms with Gasteiger partial charge < -0.3 is 10.1 Å². The summed E-state index contributed by atoms with van der Waals surface area (Å²) in [5, 5.41) is 10.1. The van der Waals surface area contributed by atoms with Crippen LogP contribution >= 0.6 is 0 Å². The predicted octanol–water partition coefficient (Wildman–Crippen LogP) is 0.437. The van der Waals surface area contributed by atoms with Crippen molar-refractivity contribution < 1.29 is 4.92 Å². The summed E-state index contributed by atoms with van der Waals surface area (Å²) < 4.78 is 1.38. The number of nitro groups is 1. The van der Waals surface area contributed by atoms with Crippen LogP contribution in [0.4, 0.5) is 5.82 Å². The molecule has 0 bridgehead atoms. The molecule has 0 unspecified atom stereocenters. The Balaban J connectivity index is 3.17. The fourth-order valence-corrected chi connectivity index (χ4v) is 0.597. The van der Waals surface area contributed by atoms with Gasteiger partial charge in [-0.1, -0.05) is 0 Å². The van der Waals surface area contributed by atoms with Gasteiger partial charge in [-0.2, -0.15) is 0 Å². The van der Waals surface area contributed by atoms with Gasteiger partial charge in [0.05, 0.1) is 7.05 Å². The van der Waals surface area contributed by atoms with E-state index >= 15 is 0 Å². The van der Waals surface area contributed by atoms with Crippen LogP contribution in [-0.4, -0.2) is 14.5 Å². The van der Waals surface area contributed by atoms with Crippen molar-refractivity contribution in [2.24, 2.45) is 7.05 Å². The van der Waals surface area contributed by atoms with Crippen molar-refractivity contribution in [1.82, 2.24) is 9.55 Å². The fourth-order valence-electron chi connectivity index (χ4n) is 0.597. The zero-order valence-corrected chi connectivity index (χ0v) is 5.66. The quantitative estimate of drug-likeness (QED) is 0.420. The Morgan fingerprint density at radius 2 is 2.40 bits per heavy atom. The molecule has 0 spiro atoms. The van der Waals surface area contributed by atoms with Gasteiger partial charge in [-0.3, -0.25) is 0 Å². The predicted molar refractivity (Wildman–Crippen MR) is 33.4 cm³/mol. The minimum atomic E-state index is -0.514. The summed E-state index contributed by atoms with van der Waals surface area (Å²) in [4.78, 5) is 13.3. The molecule has 0 aliphatic heterocycles. The largest absolute Gasteiger partial charge is 0.358 e. The number of imidazole rings is 1. The molecule has 10 heavy (non-hydrogen) atoms. The molecule has 1 aromatic rings. The van der Waals surface area contributed by atoms with Crippen molar-refractivity contribution in [2.75, 3.05) is 0 Å². The Hall–Kier alpha value is -1.39. The van der Waals surface area contributed by atoms with Crippen LogP contribution in [0.1, 0.15) is 5.82 Å². The lowest BCUT2D eigenvalue weighted by Crippen LogP contribution is -1.98. The molecule has 5 heteroatoms. The third kappa shape index (κ3) is 0.854. The lowest BCUT2D eigenvalue weighted by atomic mass is 10.7. The van der Waals surface area contributed by atoms with Crippen molar-refractivity contribution in [3.8, 4) is 0 Å². The van der Waals surface area contributed by atoms with Crippen LogP contribution in [0.25, 0.3) is 0 Å². The summed E-state index contributed by atoms with van der Waals surface area (Å²) in [5.41, 5.74) is 0. The highest BCUT2D eigenvalue weighted by Crippen LogP contribution is 2.08. The van der Waals surface area contributed by atoms with E-state index in [4.69, 9.17) is 0 Å². The Morgan fingerprint density at radius 1 is 1.80 bits per heavy atom. The standard InChI is InChI=1S/C5H6N3O2/c1-4-6-3-5(7(4)2)8(9)10/h1-2H3. The van der Waals surface area contributed by atoms with Crippen LogP contribution in [0.3, 0.4) is 0 Å². The van der Waals surface area contributed by atoms with Gasteiger partial charge in [0, 0.05) is 6.92 Å². The third-order valence-corrected chi connectivity index (χ3v) is 1.29. The van der Waals surface area contributed by atoms with Gasteiger partial charge >= 0.3 is 5.82 Å². The van der Waals surface area contributed by atoms with E-state index in [9.17, 15) is 10.1 Å². The number of hydrogen-bond acceptors (Lipinski definition) is 3. The lowest BCUT2D eigenvalue weighted by Gasteiger charge is -1.91. The zero-order chi connectivity index (χ0) is 7.72. The SMILES string of the molecule is Cc1n[c]c([N+](=O)[O-])n1C. The normalized spacial score (nSPS) is 9.80. The molecule has 0 N–H and O–H groups in total. The van der Waals surface area contributed by atoms with Gasteiger partial charge in [0.15, 0.2) is 12.0 Å². The van der Waals surface area contributed by atoms with E-state index in [1.165, 1.54) is 4.57 Å². The molecule has 0 amide bonds. The first kappa shape index (κ1) is 6.73. The molecular weight excluding hydrogens is 134 g/mol. The molecule has 0 aliphatic rings. The monoisotopic (exact) mass is 140 g/mol. The molecule has 0 saturated carbocycles. The first-order valence-corrected chi connectivity index (χ1v) is 2.68. The molecule has 0 aromatic carbocycles. The zero-order valence-electron chi connectivity index (χ0n) is 5.66. The number of rotatable bonds is 1. The molecule has 5 nitrogen and oxygen atoms in total. The lowest BCUT2D eigenvalue weighted by molar-refractivity contribution is -0.392. The van der Waals surface area contributed by atoms with E-state index in [0.29, 0.717) is 5.82 Å². The van der Waals surface area contributed by atoms with Crippen LogP contribution in [0.2, 0.25) is 0 Å². The van der Waals surface area contributed by atoms with Gasteiger partial charge in [-0.25, -0.2) is 9.55 Å². The number of hydrogen-bond donors (Lipinski definition) is 0. The summed E-state index contributed by atoms with van der Waals surface area (Å²) in [5.74, 6) is 0.490. The number of aryl methyl sites for hydroxylation is 1. The van der Waals surface area contributed by atoms with Gasteiger partial charge in [-0.05, 0) is 4.92 Å². The van der Waals surface area contributed by atoms with Crippen LogP contribution in [-0.2, 0) is 7.05 Å². The van der Waals surface area contributed by atoms with Crippen LogP contribution in [0.15, 0.2) is 0 Å². The van der Waals surface area contributed by atoms with Gasteiger partial charge in [-0.15, -0.1) is 0 Å². The summed E-state index contributed by atoms with van der Waals surface area (Å²) in [7, 11) is 1.58. The average Bonchev–Trinajstić information content (AvgIpc) is 2.14. The van der Waals surface area contributed by atoms with Crippen LogP contribution in [0, 0.1) is 23.2 Å². The summed E-state index contributed by atoms with van der Waals surface area (Å²) in [6.07, 6.45) is 2.29. The number of nitrogens with zero attached hydrogens (tertiary/aromatic N) is 3. The maximum absolute atomic E-state index is 10.1. The van der Waals surface area contributed by atoms with E-state index in [2.05, 4.69) is 11.2 Å². The molecular formula is C5H6N3O2. The van der Waals surface area contributed by atoms with E-state index in [1.807, 2.05) is 0 Å². The van der Waals surface area contributed by atoms with E-state index in [1.54, 1.807) is 14.0 Å². The van der Waals surface area contributed by atoms with Gasteiger partial charge in [0.25, 0.3) is 0 Å². The van der Waals surface area contributed by atoms with Crippen molar-refractivity contribution in [1.29, 1.82) is 0 Å². The maximum Gasteiger partial charge on any atom is 0.352 e. The van der Waals surface area contributed by atoms with E-state index in [0.717, 1.165) is 0 Å². The molecule has 1 heterocycles. The molecule has 0 fully saturated rings. The highest BCUT2D eigenvalue weighted by Gasteiger charge is 2.12. The van der Waals surface area contributed by atoms with Crippen molar-refractivity contribution >= 4 is 5.82 Å². The van der Waals surface area contributed by atoms with Crippen LogP contribution in [0.5, 0.6) is 0 Å². The van der Waals surface area contributed by atoms with Crippen LogP contribution < -0.4 is 0 Å². The highest BCUT2D eigenvalue weighted by molar-refractivity contribution is 5.15. The highest BCUT2D eigenvalue weighted by atomic mass is 16.6. The molecule has 53 valence electrons. The van der Waals surface area contributed by atoms with E-state index < -0.39 is 4.92 Å². The maximum atomic E-state index is 10.1. The first-order valence-electron chi connectivity index (χ1n) is 2.68. The summed E-state index contributed by atoms with van der Waals surface area (Å²) in [6, 6.07) is 0. The first-order chi connectivity index (χ1) is 4.63. The molecule has 1 rings (SSSR count). The Morgan fingerprint density at radius 3 is 2.60 bits per heavy atom. The summed E-state index contributed by atoms with van der Waals surface area (Å²) in [6.45, 7) is 1.68. The molecule has 1 aromatic heterocycles. The second-order valence-corrected chi connectivity index (χ2v) is 1.91. The number of aromatic nitrogens is 2. The smallest absolute Gasteiger partial charge is 0.352 e. The average molecular weight is 140 g/mol.